The van der Waals surface area contributed by atoms with Gasteiger partial charge in [-0.25, -0.2) is 4.98 Å². The summed E-state index contributed by atoms with van der Waals surface area (Å²) in [4.78, 5) is 20.9. The van der Waals surface area contributed by atoms with Gasteiger partial charge in [0.1, 0.15) is 17.1 Å². The molecular formula is C36H43N3O8. The van der Waals surface area contributed by atoms with Crippen molar-refractivity contribution in [2.75, 3.05) is 85.0 Å². The number of nitrogens with one attached hydrogen (secondary N) is 2. The van der Waals surface area contributed by atoms with E-state index in [9.17, 15) is 4.79 Å². The lowest BCUT2D eigenvalue weighted by Crippen LogP contribution is -2.14. The van der Waals surface area contributed by atoms with E-state index in [1.807, 2.05) is 67.7 Å². The summed E-state index contributed by atoms with van der Waals surface area (Å²) in [6, 6.07) is 22.9. The summed E-state index contributed by atoms with van der Waals surface area (Å²) in [6.45, 7) is 6.13. The average Bonchev–Trinajstić information content (AvgIpc) is 3.53. The van der Waals surface area contributed by atoms with Crippen LogP contribution in [-0.4, -0.2) is 89.7 Å². The second-order valence-electron chi connectivity index (χ2n) is 10.7. The maximum Gasteiger partial charge on any atom is 0.193 e. The number of aromatic nitrogens is 2. The van der Waals surface area contributed by atoms with Crippen molar-refractivity contribution in [3.63, 3.8) is 0 Å². The Balaban J connectivity index is 0.892. The minimum Gasteiger partial charge on any atom is -0.453 e. The Hall–Kier alpha value is -4.10. The first-order chi connectivity index (χ1) is 23.2. The maximum atomic E-state index is 12.9. The molecule has 0 fully saturated rings. The third kappa shape index (κ3) is 10.7. The lowest BCUT2D eigenvalue weighted by atomic mass is 10.1. The fourth-order valence-corrected chi connectivity index (χ4v) is 4.83. The van der Waals surface area contributed by atoms with Crippen LogP contribution in [0.15, 0.2) is 82.0 Å². The molecule has 0 spiro atoms. The van der Waals surface area contributed by atoms with E-state index in [2.05, 4.69) is 10.3 Å². The Kier molecular flexibility index (Phi) is 13.8. The normalized spacial score (nSPS) is 11.5. The van der Waals surface area contributed by atoms with E-state index >= 15 is 0 Å². The third-order valence-electron chi connectivity index (χ3n) is 7.31. The summed E-state index contributed by atoms with van der Waals surface area (Å²) in [5.41, 5.74) is 4.75. The summed E-state index contributed by atoms with van der Waals surface area (Å²) < 4.78 is 39.7. The number of benzene rings is 3. The van der Waals surface area contributed by atoms with Crippen molar-refractivity contribution in [2.45, 2.75) is 13.0 Å². The van der Waals surface area contributed by atoms with Crippen molar-refractivity contribution in [1.82, 2.24) is 9.97 Å². The molecule has 0 atom stereocenters. The van der Waals surface area contributed by atoms with E-state index in [4.69, 9.17) is 37.8 Å². The zero-order valence-corrected chi connectivity index (χ0v) is 26.8. The quantitative estimate of drug-likeness (QED) is 0.0968. The third-order valence-corrected chi connectivity index (χ3v) is 7.31. The first-order valence-corrected chi connectivity index (χ1v) is 16.0. The van der Waals surface area contributed by atoms with Gasteiger partial charge in [-0.05, 0) is 42.0 Å². The minimum absolute atomic E-state index is 0.106. The molecule has 0 bridgehead atoms. The number of hydrogen-bond donors (Lipinski definition) is 2. The van der Waals surface area contributed by atoms with Crippen LogP contribution in [0.3, 0.4) is 0 Å². The first-order valence-electron chi connectivity index (χ1n) is 16.0. The van der Waals surface area contributed by atoms with Gasteiger partial charge in [0, 0.05) is 30.8 Å². The van der Waals surface area contributed by atoms with Crippen LogP contribution >= 0.6 is 0 Å². The molecule has 0 unspecified atom stereocenters. The van der Waals surface area contributed by atoms with Crippen molar-refractivity contribution in [2.24, 2.45) is 0 Å². The molecule has 0 aliphatic carbocycles. The standard InChI is InChI=1S/C36H43N3O8/c1-37-29-9-7-28(8-10-29)33-25-32(40)30-11-12-31-35(36(30)47-33)39-34(38-31)13-14-41-15-16-42-17-18-43-19-20-44-21-22-45-23-24-46-26-27-5-3-2-4-6-27/h2-12,25,37H,13-24,26H2,1H3,(H,38,39). The van der Waals surface area contributed by atoms with Crippen molar-refractivity contribution in [3.05, 3.63) is 94.4 Å². The minimum atomic E-state index is -0.106. The van der Waals surface area contributed by atoms with Crippen LogP contribution in [-0.2, 0) is 41.4 Å². The molecule has 2 N–H and O–H groups in total. The molecule has 250 valence electrons. The van der Waals surface area contributed by atoms with Crippen LogP contribution in [0, 0.1) is 0 Å². The maximum absolute atomic E-state index is 12.9. The molecule has 11 nitrogen and oxygen atoms in total. The second kappa shape index (κ2) is 18.9. The lowest BCUT2D eigenvalue weighted by Gasteiger charge is -2.08. The fourth-order valence-electron chi connectivity index (χ4n) is 4.83. The van der Waals surface area contributed by atoms with Crippen LogP contribution in [0.4, 0.5) is 5.69 Å². The largest absolute Gasteiger partial charge is 0.453 e. The Morgan fingerprint density at radius 2 is 1.30 bits per heavy atom. The Morgan fingerprint density at radius 3 is 1.91 bits per heavy atom. The van der Waals surface area contributed by atoms with Gasteiger partial charge in [-0.2, -0.15) is 0 Å². The molecule has 47 heavy (non-hydrogen) atoms. The summed E-state index contributed by atoms with van der Waals surface area (Å²) in [6.07, 6.45) is 0.585. The van der Waals surface area contributed by atoms with E-state index in [1.165, 1.54) is 6.07 Å². The van der Waals surface area contributed by atoms with Crippen molar-refractivity contribution in [3.8, 4) is 11.3 Å². The van der Waals surface area contributed by atoms with E-state index in [1.54, 1.807) is 6.07 Å². The molecule has 3 aromatic carbocycles. The SMILES string of the molecule is CNc1ccc(-c2cc(=O)c3ccc4[nH]c(CCOCCOCCOCCOCCOCCOCc5ccccc5)nc4c3o2)cc1. The Morgan fingerprint density at radius 1 is 0.702 bits per heavy atom. The van der Waals surface area contributed by atoms with Crippen LogP contribution < -0.4 is 10.7 Å². The van der Waals surface area contributed by atoms with Crippen LogP contribution in [0.25, 0.3) is 33.3 Å². The van der Waals surface area contributed by atoms with Crippen molar-refractivity contribution >= 4 is 27.7 Å². The van der Waals surface area contributed by atoms with E-state index in [-0.39, 0.29) is 5.43 Å². The van der Waals surface area contributed by atoms with Gasteiger partial charge in [0.2, 0.25) is 0 Å². The molecule has 0 radical (unpaired) electrons. The van der Waals surface area contributed by atoms with Gasteiger partial charge in [-0.3, -0.25) is 4.79 Å². The first kappa shape index (κ1) is 34.2. The van der Waals surface area contributed by atoms with Gasteiger partial charge in [-0.1, -0.05) is 30.3 Å². The van der Waals surface area contributed by atoms with Crippen molar-refractivity contribution < 1.29 is 32.8 Å². The number of hydrogen-bond acceptors (Lipinski definition) is 10. The molecule has 2 heterocycles. The highest BCUT2D eigenvalue weighted by Gasteiger charge is 2.13. The molecule has 5 rings (SSSR count). The molecule has 0 aliphatic rings. The lowest BCUT2D eigenvalue weighted by molar-refractivity contribution is -0.0176. The van der Waals surface area contributed by atoms with Crippen LogP contribution in [0.1, 0.15) is 11.4 Å². The number of anilines is 1. The molecule has 0 amide bonds. The summed E-state index contributed by atoms with van der Waals surface area (Å²) in [5, 5.41) is 3.59. The van der Waals surface area contributed by atoms with Gasteiger partial charge in [0.25, 0.3) is 0 Å². The summed E-state index contributed by atoms with van der Waals surface area (Å²) in [7, 11) is 1.86. The van der Waals surface area contributed by atoms with Crippen LogP contribution in [0.2, 0.25) is 0 Å². The highest BCUT2D eigenvalue weighted by atomic mass is 16.6. The molecular weight excluding hydrogens is 602 g/mol. The smallest absolute Gasteiger partial charge is 0.193 e. The van der Waals surface area contributed by atoms with Gasteiger partial charge < -0.3 is 43.1 Å². The molecule has 0 aliphatic heterocycles. The fraction of sp³-hybridized carbons (Fsp3) is 0.389. The summed E-state index contributed by atoms with van der Waals surface area (Å²) >= 11 is 0. The number of H-pyrrole nitrogens is 1. The molecule has 2 aromatic heterocycles. The number of imidazole rings is 1. The number of ether oxygens (including phenoxy) is 6. The Labute approximate surface area is 274 Å². The molecule has 0 saturated carbocycles. The molecule has 0 saturated heterocycles. The number of fused-ring (bicyclic) bond motifs is 3. The predicted octanol–water partition coefficient (Wildman–Crippen LogP) is 5.22. The number of rotatable bonds is 22. The van der Waals surface area contributed by atoms with Crippen LogP contribution in [0.5, 0.6) is 0 Å². The monoisotopic (exact) mass is 645 g/mol. The number of aromatic amines is 1. The van der Waals surface area contributed by atoms with Gasteiger partial charge in [-0.15, -0.1) is 0 Å². The predicted molar refractivity (Wildman–Crippen MR) is 181 cm³/mol. The zero-order chi connectivity index (χ0) is 32.5. The van der Waals surface area contributed by atoms with Crippen molar-refractivity contribution in [1.29, 1.82) is 0 Å². The average molecular weight is 646 g/mol. The van der Waals surface area contributed by atoms with E-state index < -0.39 is 0 Å². The molecule has 5 aromatic rings. The van der Waals surface area contributed by atoms with E-state index in [0.717, 1.165) is 28.2 Å². The highest BCUT2D eigenvalue weighted by Crippen LogP contribution is 2.27. The number of nitrogens with zero attached hydrogens (tertiary/aromatic N) is 1. The van der Waals surface area contributed by atoms with Gasteiger partial charge in [0.15, 0.2) is 11.0 Å². The second-order valence-corrected chi connectivity index (χ2v) is 10.7. The highest BCUT2D eigenvalue weighted by molar-refractivity contribution is 6.00. The van der Waals surface area contributed by atoms with Gasteiger partial charge in [0.05, 0.1) is 90.2 Å². The van der Waals surface area contributed by atoms with E-state index in [0.29, 0.717) is 108 Å². The molecule has 11 heteroatoms. The topological polar surface area (TPSA) is 126 Å². The van der Waals surface area contributed by atoms with Gasteiger partial charge >= 0.3 is 0 Å². The summed E-state index contributed by atoms with van der Waals surface area (Å²) in [5.74, 6) is 1.26. The zero-order valence-electron chi connectivity index (χ0n) is 26.8. The Bertz CT molecular complexity index is 1690.